The number of nitrogens with zero attached hydrogens (tertiary/aromatic N) is 4. The maximum atomic E-state index is 14.0. The standard InChI is InChI=1S/C45H56N8O6Si/c1-24(2)36(50-44(56)58-5)42(54)52-23-60(7,8)22-35(52)40-47-33-18-15-29-19-28(14-17-32(29)38(33)49-40)26-9-11-27(12-10-26)34-21-46-41(48-34)39-30-13-16-31(20-30)53(39)43(55)37(25(3)4)51-45(57)59-6/h9-12,14-15,17-19,21,24-25,30-31,35-37,39H,13,16,20,22-23H2,1-8H3,(H,46,48)(H,47,49)(H,50,56)(H,51,57)/t30-,31+,35+,36+,37+,39+/m1/s1. The van der Waals surface area contributed by atoms with E-state index in [0.717, 1.165) is 81.1 Å². The first kappa shape index (κ1) is 41.0. The van der Waals surface area contributed by atoms with Gasteiger partial charge in [-0.1, -0.05) is 83.3 Å². The molecule has 3 aliphatic rings. The highest BCUT2D eigenvalue weighted by molar-refractivity contribution is 6.78. The van der Waals surface area contributed by atoms with Crippen molar-refractivity contribution in [1.29, 1.82) is 0 Å². The van der Waals surface area contributed by atoms with Gasteiger partial charge in [0, 0.05) is 17.6 Å². The number of alkyl carbamates (subject to hydrolysis) is 2. The molecule has 60 heavy (non-hydrogen) atoms. The number of amides is 4. The number of aromatic amines is 2. The second-order valence-electron chi connectivity index (χ2n) is 18.3. The second kappa shape index (κ2) is 16.1. The summed E-state index contributed by atoms with van der Waals surface area (Å²) >= 11 is 0. The lowest BCUT2D eigenvalue weighted by Gasteiger charge is -2.37. The van der Waals surface area contributed by atoms with Crippen LogP contribution in [-0.2, 0) is 19.1 Å². The first-order chi connectivity index (χ1) is 28.7. The minimum absolute atomic E-state index is 0.0946. The first-order valence-electron chi connectivity index (χ1n) is 21.1. The van der Waals surface area contributed by atoms with Crippen molar-refractivity contribution in [2.45, 2.75) is 96.3 Å². The van der Waals surface area contributed by atoms with Crippen LogP contribution in [0.15, 0.2) is 60.8 Å². The maximum absolute atomic E-state index is 14.0. The Kier molecular flexibility index (Phi) is 11.0. The molecular weight excluding hydrogens is 777 g/mol. The average molecular weight is 833 g/mol. The fourth-order valence-electron chi connectivity index (χ4n) is 9.78. The predicted octanol–water partition coefficient (Wildman–Crippen LogP) is 7.72. The Morgan fingerprint density at radius 2 is 1.45 bits per heavy atom. The lowest BCUT2D eigenvalue weighted by molar-refractivity contribution is -0.139. The van der Waals surface area contributed by atoms with Crippen LogP contribution in [-0.4, -0.2) is 100 Å². The molecule has 316 valence electrons. The molecule has 14 nitrogen and oxygen atoms in total. The second-order valence-corrected chi connectivity index (χ2v) is 23.3. The van der Waals surface area contributed by atoms with E-state index in [1.807, 2.05) is 43.7 Å². The van der Waals surface area contributed by atoms with Crippen LogP contribution < -0.4 is 10.6 Å². The Labute approximate surface area is 351 Å². The number of H-pyrrole nitrogens is 2. The molecule has 4 N–H and O–H groups in total. The Balaban J connectivity index is 1.01. The molecule has 2 saturated heterocycles. The molecule has 2 aromatic heterocycles. The zero-order valence-electron chi connectivity index (χ0n) is 35.7. The SMILES string of the molecule is COC(=O)N[C@H](C(=O)N1C[Si](C)(C)C[C@H]1c1nc2c(ccc3cc(-c4ccc(-c5cnc([C@@H]6[C@@H]7CC[C@@H](C7)N6C(=O)[C@@H](NC(=O)OC)C(C)C)[nH]5)cc4)ccc32)[nH]1)C(C)C. The van der Waals surface area contributed by atoms with E-state index in [-0.39, 0.29) is 41.8 Å². The predicted molar refractivity (Wildman–Crippen MR) is 232 cm³/mol. The molecule has 0 unspecified atom stereocenters. The third-order valence-electron chi connectivity index (χ3n) is 12.8. The number of aromatic nitrogens is 4. The number of hydrogen-bond donors (Lipinski definition) is 4. The number of ether oxygens (including phenoxy) is 2. The summed E-state index contributed by atoms with van der Waals surface area (Å²) in [5, 5.41) is 7.60. The van der Waals surface area contributed by atoms with Crippen molar-refractivity contribution < 1.29 is 28.7 Å². The van der Waals surface area contributed by atoms with Crippen molar-refractivity contribution >= 4 is 53.9 Å². The summed E-state index contributed by atoms with van der Waals surface area (Å²) in [6.45, 7) is 12.3. The number of benzene rings is 3. The molecule has 2 aliphatic heterocycles. The lowest BCUT2D eigenvalue weighted by Crippen LogP contribution is -2.54. The summed E-state index contributed by atoms with van der Waals surface area (Å²) in [6.07, 6.45) is 4.22. The van der Waals surface area contributed by atoms with Crippen LogP contribution in [0.4, 0.5) is 9.59 Å². The number of nitrogens with one attached hydrogen (secondary N) is 4. The van der Waals surface area contributed by atoms with E-state index in [2.05, 4.69) is 88.3 Å². The van der Waals surface area contributed by atoms with Crippen LogP contribution in [0.1, 0.15) is 70.7 Å². The number of hydrogen-bond acceptors (Lipinski definition) is 8. The number of rotatable bonds is 10. The third-order valence-corrected chi connectivity index (χ3v) is 15.5. The number of carbonyl (C=O) groups is 4. The molecule has 4 heterocycles. The van der Waals surface area contributed by atoms with Crippen LogP contribution in [0.25, 0.3) is 44.2 Å². The van der Waals surface area contributed by atoms with Gasteiger partial charge in [0.25, 0.3) is 0 Å². The van der Waals surface area contributed by atoms with Crippen LogP contribution in [0.3, 0.4) is 0 Å². The zero-order valence-corrected chi connectivity index (χ0v) is 36.7. The molecule has 8 rings (SSSR count). The molecule has 0 spiro atoms. The lowest BCUT2D eigenvalue weighted by atomic mass is 9.95. The van der Waals surface area contributed by atoms with Gasteiger partial charge in [0.2, 0.25) is 11.8 Å². The van der Waals surface area contributed by atoms with Gasteiger partial charge >= 0.3 is 12.2 Å². The van der Waals surface area contributed by atoms with Crippen molar-refractivity contribution in [3.63, 3.8) is 0 Å². The highest BCUT2D eigenvalue weighted by atomic mass is 28.3. The molecule has 3 fully saturated rings. The fraction of sp³-hybridized carbons (Fsp3) is 0.467. The Morgan fingerprint density at radius 1 is 0.800 bits per heavy atom. The Morgan fingerprint density at radius 3 is 2.12 bits per heavy atom. The van der Waals surface area contributed by atoms with E-state index in [1.54, 1.807) is 0 Å². The number of carbonyl (C=O) groups excluding carboxylic acids is 4. The van der Waals surface area contributed by atoms with E-state index < -0.39 is 32.3 Å². The van der Waals surface area contributed by atoms with Crippen molar-refractivity contribution in [1.82, 2.24) is 40.4 Å². The quantitative estimate of drug-likeness (QED) is 0.104. The highest BCUT2D eigenvalue weighted by Gasteiger charge is 2.51. The maximum Gasteiger partial charge on any atom is 0.407 e. The molecule has 2 bridgehead atoms. The molecule has 6 atom stereocenters. The molecule has 15 heteroatoms. The third kappa shape index (κ3) is 7.63. The van der Waals surface area contributed by atoms with Crippen molar-refractivity contribution in [3.8, 4) is 22.4 Å². The number of imidazole rings is 2. The molecule has 5 aromatic rings. The number of piperidine rings is 1. The Bertz CT molecular complexity index is 2440. The molecule has 3 aromatic carbocycles. The summed E-state index contributed by atoms with van der Waals surface area (Å²) in [5.41, 5.74) is 5.78. The van der Waals surface area contributed by atoms with E-state index >= 15 is 0 Å². The number of likely N-dealkylation sites (tertiary alicyclic amines) is 1. The van der Waals surface area contributed by atoms with Crippen molar-refractivity contribution in [3.05, 3.63) is 72.4 Å². The van der Waals surface area contributed by atoms with Gasteiger partial charge in [0.05, 0.1) is 57.3 Å². The van der Waals surface area contributed by atoms with Gasteiger partial charge in [0.15, 0.2) is 0 Å². The van der Waals surface area contributed by atoms with Gasteiger partial charge in [0.1, 0.15) is 23.7 Å². The van der Waals surface area contributed by atoms with Crippen molar-refractivity contribution in [2.24, 2.45) is 17.8 Å². The van der Waals surface area contributed by atoms with Crippen LogP contribution in [0.2, 0.25) is 19.1 Å². The normalized spacial score (nSPS) is 21.8. The summed E-state index contributed by atoms with van der Waals surface area (Å²) in [4.78, 5) is 73.2. The summed E-state index contributed by atoms with van der Waals surface area (Å²) in [6, 6.07) is 18.2. The smallest absolute Gasteiger partial charge is 0.407 e. The van der Waals surface area contributed by atoms with E-state index in [9.17, 15) is 19.2 Å². The van der Waals surface area contributed by atoms with Gasteiger partial charge in [-0.05, 0) is 77.3 Å². The average Bonchev–Trinajstić information content (AvgIpc) is 4.09. The number of fused-ring (bicyclic) bond motifs is 5. The Hall–Kier alpha value is -5.70. The number of methoxy groups -OCH3 is 2. The largest absolute Gasteiger partial charge is 0.453 e. The van der Waals surface area contributed by atoms with E-state index in [0.29, 0.717) is 12.1 Å². The minimum Gasteiger partial charge on any atom is -0.453 e. The van der Waals surface area contributed by atoms with Crippen LogP contribution in [0, 0.1) is 17.8 Å². The first-order valence-corrected chi connectivity index (χ1v) is 24.5. The summed E-state index contributed by atoms with van der Waals surface area (Å²) < 4.78 is 9.66. The molecule has 1 aliphatic carbocycles. The van der Waals surface area contributed by atoms with Crippen LogP contribution in [0.5, 0.6) is 0 Å². The monoisotopic (exact) mass is 832 g/mol. The molecule has 1 saturated carbocycles. The van der Waals surface area contributed by atoms with Crippen molar-refractivity contribution in [2.75, 3.05) is 20.4 Å². The fourth-order valence-corrected chi connectivity index (χ4v) is 12.7. The van der Waals surface area contributed by atoms with E-state index in [4.69, 9.17) is 19.4 Å². The van der Waals surface area contributed by atoms with Gasteiger partial charge in [-0.15, -0.1) is 0 Å². The zero-order chi connectivity index (χ0) is 42.6. The summed E-state index contributed by atoms with van der Waals surface area (Å²) in [5.74, 6) is 1.42. The molecule has 0 radical (unpaired) electrons. The highest BCUT2D eigenvalue weighted by Crippen LogP contribution is 2.50. The van der Waals surface area contributed by atoms with Gasteiger partial charge in [-0.3, -0.25) is 9.59 Å². The van der Waals surface area contributed by atoms with Crippen LogP contribution >= 0.6 is 0 Å². The molecular formula is C45H56N8O6Si. The minimum atomic E-state index is -1.78. The van der Waals surface area contributed by atoms with Gasteiger partial charge in [-0.25, -0.2) is 19.6 Å². The van der Waals surface area contributed by atoms with E-state index in [1.165, 1.54) is 14.2 Å². The molecule has 4 amide bonds. The topological polar surface area (TPSA) is 175 Å². The summed E-state index contributed by atoms with van der Waals surface area (Å²) in [7, 11) is 0.836. The van der Waals surface area contributed by atoms with Gasteiger partial charge < -0.3 is 39.9 Å². The van der Waals surface area contributed by atoms with Gasteiger partial charge in [-0.2, -0.15) is 0 Å².